The van der Waals surface area contributed by atoms with Crippen LogP contribution < -0.4 is 31.9 Å². The fraction of sp³-hybridized carbons (Fsp3) is 0.562. The van der Waals surface area contributed by atoms with E-state index in [2.05, 4.69) is 10.2 Å². The molecule has 0 aromatic heterocycles. The van der Waals surface area contributed by atoms with E-state index in [9.17, 15) is 4.79 Å². The number of hydrogen-bond donors (Lipinski definition) is 1. The molecule has 1 fully saturated rings. The number of likely N-dealkylation sites (tertiary alicyclic amines) is 1. The normalized spacial score (nSPS) is 14.0. The molecule has 1 amide bonds. The van der Waals surface area contributed by atoms with Gasteiger partial charge in [0.05, 0.1) is 21.3 Å². The topological polar surface area (TPSA) is 60.0 Å². The van der Waals surface area contributed by atoms with E-state index in [1.54, 1.807) is 12.1 Å². The lowest BCUT2D eigenvalue weighted by molar-refractivity contribution is -0.0000136. The number of carbonyl (C=O) groups excluding carboxylic acids is 1. The summed E-state index contributed by atoms with van der Waals surface area (Å²) < 4.78 is 15.8. The minimum absolute atomic E-state index is 0. The molecule has 1 aromatic carbocycles. The Morgan fingerprint density at radius 1 is 1.09 bits per heavy atom. The predicted molar refractivity (Wildman–Crippen MR) is 84.1 cm³/mol. The number of ether oxygens (including phenoxy) is 3. The van der Waals surface area contributed by atoms with E-state index in [4.69, 9.17) is 14.2 Å². The number of methoxy groups -OCH3 is 3. The third kappa shape index (κ3) is 4.91. The molecule has 7 heteroatoms. The molecule has 0 unspecified atom stereocenters. The van der Waals surface area contributed by atoms with Crippen LogP contribution >= 0.6 is 0 Å². The van der Waals surface area contributed by atoms with Crippen molar-refractivity contribution in [1.29, 1.82) is 0 Å². The van der Waals surface area contributed by atoms with E-state index in [1.165, 1.54) is 34.2 Å². The molecule has 1 saturated heterocycles. The van der Waals surface area contributed by atoms with Crippen LogP contribution in [0.5, 0.6) is 17.2 Å². The van der Waals surface area contributed by atoms with E-state index >= 15 is 0 Å². The van der Waals surface area contributed by atoms with Gasteiger partial charge in [0, 0.05) is 18.7 Å². The van der Waals surface area contributed by atoms with Crippen LogP contribution in [-0.2, 0) is 0 Å². The summed E-state index contributed by atoms with van der Waals surface area (Å²) in [6.45, 7) is 3.77. The van der Waals surface area contributed by atoms with Crippen LogP contribution in [0.1, 0.15) is 23.2 Å². The summed E-state index contributed by atoms with van der Waals surface area (Å²) in [7, 11) is 4.61. The number of benzene rings is 1. The van der Waals surface area contributed by atoms with Gasteiger partial charge in [-0.05, 0) is 38.1 Å². The maximum absolute atomic E-state index is 12.3. The molecular weight excluding hydrogens is 320 g/mol. The summed E-state index contributed by atoms with van der Waals surface area (Å²) in [5.41, 5.74) is 0.496. The van der Waals surface area contributed by atoms with Crippen molar-refractivity contribution in [2.75, 3.05) is 47.5 Å². The number of rotatable bonds is 7. The molecular formula is C16H24ClN2O4-. The van der Waals surface area contributed by atoms with Crippen molar-refractivity contribution in [2.45, 2.75) is 12.8 Å². The van der Waals surface area contributed by atoms with Gasteiger partial charge >= 0.3 is 0 Å². The summed E-state index contributed by atoms with van der Waals surface area (Å²) in [6, 6.07) is 3.32. The first-order valence-electron chi connectivity index (χ1n) is 7.50. The van der Waals surface area contributed by atoms with Gasteiger partial charge in [0.2, 0.25) is 5.75 Å². The Morgan fingerprint density at radius 3 is 2.13 bits per heavy atom. The first kappa shape index (κ1) is 19.4. The van der Waals surface area contributed by atoms with Gasteiger partial charge < -0.3 is 36.8 Å². The average Bonchev–Trinajstić information content (AvgIpc) is 3.06. The lowest BCUT2D eigenvalue weighted by Crippen LogP contribution is -3.00. The molecule has 0 aliphatic carbocycles. The molecule has 1 aliphatic heterocycles. The molecule has 0 radical (unpaired) electrons. The van der Waals surface area contributed by atoms with Crippen molar-refractivity contribution >= 4 is 5.91 Å². The molecule has 0 spiro atoms. The monoisotopic (exact) mass is 343 g/mol. The molecule has 0 saturated carbocycles. The minimum atomic E-state index is -0.140. The van der Waals surface area contributed by atoms with E-state index < -0.39 is 0 Å². The SMILES string of the molecule is COc1cc(C(=O)NCCN2CCCC2)cc(OC)c1OC.[Cl-]. The number of halogens is 1. The zero-order valence-corrected chi connectivity index (χ0v) is 14.6. The second-order valence-corrected chi connectivity index (χ2v) is 5.22. The first-order chi connectivity index (χ1) is 10.7. The van der Waals surface area contributed by atoms with Crippen LogP contribution in [0.15, 0.2) is 12.1 Å². The Labute approximate surface area is 143 Å². The summed E-state index contributed by atoms with van der Waals surface area (Å²) in [5, 5.41) is 2.93. The smallest absolute Gasteiger partial charge is 0.251 e. The third-order valence-electron chi connectivity index (χ3n) is 3.84. The average molecular weight is 344 g/mol. The van der Waals surface area contributed by atoms with Gasteiger partial charge in [-0.2, -0.15) is 0 Å². The summed E-state index contributed by atoms with van der Waals surface area (Å²) >= 11 is 0. The maximum atomic E-state index is 12.3. The molecule has 130 valence electrons. The van der Waals surface area contributed by atoms with Crippen LogP contribution in [0, 0.1) is 0 Å². The molecule has 1 aromatic rings. The van der Waals surface area contributed by atoms with Gasteiger partial charge in [-0.1, -0.05) is 0 Å². The van der Waals surface area contributed by atoms with Gasteiger partial charge in [0.15, 0.2) is 11.5 Å². The molecule has 23 heavy (non-hydrogen) atoms. The van der Waals surface area contributed by atoms with Gasteiger partial charge in [0.25, 0.3) is 5.91 Å². The second-order valence-electron chi connectivity index (χ2n) is 5.22. The minimum Gasteiger partial charge on any atom is -1.00 e. The van der Waals surface area contributed by atoms with Crippen LogP contribution in [-0.4, -0.2) is 58.3 Å². The van der Waals surface area contributed by atoms with Crippen molar-refractivity contribution < 1.29 is 31.4 Å². The van der Waals surface area contributed by atoms with Crippen LogP contribution in [0.25, 0.3) is 0 Å². The van der Waals surface area contributed by atoms with Gasteiger partial charge in [0.1, 0.15) is 0 Å². The van der Waals surface area contributed by atoms with Crippen molar-refractivity contribution in [3.63, 3.8) is 0 Å². The van der Waals surface area contributed by atoms with E-state index in [0.29, 0.717) is 29.4 Å². The Morgan fingerprint density at radius 2 is 1.65 bits per heavy atom. The third-order valence-corrected chi connectivity index (χ3v) is 3.84. The number of carbonyl (C=O) groups is 1. The highest BCUT2D eigenvalue weighted by Gasteiger charge is 2.17. The van der Waals surface area contributed by atoms with E-state index in [0.717, 1.165) is 19.6 Å². The highest BCUT2D eigenvalue weighted by atomic mass is 35.5. The Hall–Kier alpha value is -1.66. The molecule has 1 heterocycles. The molecule has 6 nitrogen and oxygen atoms in total. The lowest BCUT2D eigenvalue weighted by Gasteiger charge is -2.16. The van der Waals surface area contributed by atoms with E-state index in [1.807, 2.05) is 0 Å². The Balaban J connectivity index is 0.00000264. The summed E-state index contributed by atoms with van der Waals surface area (Å²) in [6.07, 6.45) is 2.50. The van der Waals surface area contributed by atoms with Gasteiger partial charge in [-0.3, -0.25) is 4.79 Å². The molecule has 2 rings (SSSR count). The Kier molecular flexibility index (Phi) is 7.98. The summed E-state index contributed by atoms with van der Waals surface area (Å²) in [4.78, 5) is 14.6. The molecule has 0 bridgehead atoms. The number of hydrogen-bond acceptors (Lipinski definition) is 5. The fourth-order valence-electron chi connectivity index (χ4n) is 2.65. The van der Waals surface area contributed by atoms with Crippen LogP contribution in [0.3, 0.4) is 0 Å². The fourth-order valence-corrected chi connectivity index (χ4v) is 2.65. The molecule has 1 aliphatic rings. The highest BCUT2D eigenvalue weighted by molar-refractivity contribution is 5.95. The quantitative estimate of drug-likeness (QED) is 0.656. The second kappa shape index (κ2) is 9.47. The Bertz CT molecular complexity index is 494. The van der Waals surface area contributed by atoms with Crippen LogP contribution in [0.4, 0.5) is 0 Å². The standard InChI is InChI=1S/C16H24N2O4.ClH/c1-20-13-10-12(11-14(21-2)15(13)22-3)16(19)17-6-9-18-7-4-5-8-18;/h10-11H,4-9H2,1-3H3,(H,17,19);1H/p-1. The zero-order valence-electron chi connectivity index (χ0n) is 13.9. The summed E-state index contributed by atoms with van der Waals surface area (Å²) in [5.74, 6) is 1.30. The lowest BCUT2D eigenvalue weighted by atomic mass is 10.1. The largest absolute Gasteiger partial charge is 1.00 e. The molecule has 1 N–H and O–H groups in total. The highest BCUT2D eigenvalue weighted by Crippen LogP contribution is 2.38. The molecule has 0 atom stereocenters. The van der Waals surface area contributed by atoms with Crippen molar-refractivity contribution in [2.24, 2.45) is 0 Å². The van der Waals surface area contributed by atoms with Gasteiger partial charge in [-0.15, -0.1) is 0 Å². The van der Waals surface area contributed by atoms with Gasteiger partial charge in [-0.25, -0.2) is 0 Å². The maximum Gasteiger partial charge on any atom is 0.251 e. The number of nitrogens with one attached hydrogen (secondary N) is 1. The van der Waals surface area contributed by atoms with E-state index in [-0.39, 0.29) is 18.3 Å². The van der Waals surface area contributed by atoms with Crippen molar-refractivity contribution in [1.82, 2.24) is 10.2 Å². The number of amides is 1. The zero-order chi connectivity index (χ0) is 15.9. The van der Waals surface area contributed by atoms with Crippen molar-refractivity contribution in [3.8, 4) is 17.2 Å². The van der Waals surface area contributed by atoms with Crippen LogP contribution in [0.2, 0.25) is 0 Å². The predicted octanol–water partition coefficient (Wildman–Crippen LogP) is -1.46. The first-order valence-corrected chi connectivity index (χ1v) is 7.50. The number of nitrogens with zero attached hydrogens (tertiary/aromatic N) is 1. The van der Waals surface area contributed by atoms with Crippen molar-refractivity contribution in [3.05, 3.63) is 17.7 Å².